The number of ether oxygens (including phenoxy) is 2. The summed E-state index contributed by atoms with van der Waals surface area (Å²) in [5, 5.41) is 9.07. The van der Waals surface area contributed by atoms with Crippen molar-refractivity contribution in [3.8, 4) is 0 Å². The van der Waals surface area contributed by atoms with Gasteiger partial charge in [-0.15, -0.1) is 0 Å². The Balaban J connectivity index is 1.96. The van der Waals surface area contributed by atoms with Crippen LogP contribution in [0.2, 0.25) is 0 Å². The number of aromatic nitrogens is 1. The molecule has 2 amide bonds. The fourth-order valence-electron chi connectivity index (χ4n) is 4.20. The molecule has 12 heteroatoms. The van der Waals surface area contributed by atoms with E-state index in [9.17, 15) is 14.4 Å². The van der Waals surface area contributed by atoms with Gasteiger partial charge in [0.25, 0.3) is 5.91 Å². The highest BCUT2D eigenvalue weighted by molar-refractivity contribution is 7.99. The van der Waals surface area contributed by atoms with Gasteiger partial charge in [0.2, 0.25) is 17.7 Å². The Morgan fingerprint density at radius 3 is 2.54 bits per heavy atom. The third-order valence-electron chi connectivity index (χ3n) is 6.66. The molecule has 0 saturated heterocycles. The van der Waals surface area contributed by atoms with Gasteiger partial charge in [0.1, 0.15) is 18.3 Å². The van der Waals surface area contributed by atoms with E-state index in [-0.39, 0.29) is 30.1 Å². The van der Waals surface area contributed by atoms with Crippen LogP contribution >= 0.6 is 11.8 Å². The van der Waals surface area contributed by atoms with Gasteiger partial charge in [-0.05, 0) is 51.5 Å². The molecule has 0 fully saturated rings. The summed E-state index contributed by atoms with van der Waals surface area (Å²) < 4.78 is 15.6. The zero-order valence-corrected chi connectivity index (χ0v) is 26.1. The van der Waals surface area contributed by atoms with E-state index in [2.05, 4.69) is 50.6 Å². The summed E-state index contributed by atoms with van der Waals surface area (Å²) in [5.74, 6) is 1.69. The van der Waals surface area contributed by atoms with Crippen LogP contribution in [-0.4, -0.2) is 80.1 Å². The van der Waals surface area contributed by atoms with E-state index >= 15 is 0 Å². The van der Waals surface area contributed by atoms with Crippen LogP contribution in [0.1, 0.15) is 75.0 Å². The minimum atomic E-state index is -0.610. The monoisotopic (exact) mass is 591 g/mol. The Kier molecular flexibility index (Phi) is 14.5. The molecule has 0 radical (unpaired) electrons. The molecule has 2 unspecified atom stereocenters. The molecular weight excluding hydrogens is 546 g/mol. The molecule has 2 atom stereocenters. The molecule has 1 aliphatic carbocycles. The van der Waals surface area contributed by atoms with Crippen molar-refractivity contribution in [2.75, 3.05) is 39.3 Å². The van der Waals surface area contributed by atoms with Crippen molar-refractivity contribution in [3.05, 3.63) is 35.1 Å². The van der Waals surface area contributed by atoms with Crippen LogP contribution in [0.3, 0.4) is 0 Å². The van der Waals surface area contributed by atoms with Gasteiger partial charge in [0.15, 0.2) is 5.69 Å². The highest BCUT2D eigenvalue weighted by atomic mass is 32.2. The molecule has 2 rings (SSSR count). The standard InChI is InChI=1S/C29H45N5O6S/c1-18(2)23(33-24(35)15-21-11-9-8-10-12-21)17-41-14-13-22(30-5)29-34-26(20(4)40-29)27(37)32-19(3)28(39-7)31-16-25(36)38-6/h11,13,18-19,23,30H,8-10,12,14-17H2,1-7H3,(H,32,37)(H,33,35). The van der Waals surface area contributed by atoms with Crippen LogP contribution < -0.4 is 16.0 Å². The second kappa shape index (κ2) is 17.5. The molecule has 228 valence electrons. The second-order valence-corrected chi connectivity index (χ2v) is 11.2. The van der Waals surface area contributed by atoms with E-state index in [0.717, 1.165) is 18.6 Å². The molecule has 0 aromatic carbocycles. The zero-order chi connectivity index (χ0) is 30.4. The largest absolute Gasteiger partial charge is 0.483 e. The van der Waals surface area contributed by atoms with E-state index in [0.29, 0.717) is 35.4 Å². The van der Waals surface area contributed by atoms with Gasteiger partial charge in [0.05, 0.1) is 19.9 Å². The molecule has 0 spiro atoms. The summed E-state index contributed by atoms with van der Waals surface area (Å²) in [7, 11) is 4.44. The Bertz CT molecular complexity index is 1130. The number of methoxy groups -OCH3 is 2. The van der Waals surface area contributed by atoms with Crippen molar-refractivity contribution in [2.24, 2.45) is 10.9 Å². The molecule has 0 bridgehead atoms. The summed E-state index contributed by atoms with van der Waals surface area (Å²) in [5.41, 5.74) is 2.04. The van der Waals surface area contributed by atoms with E-state index in [1.165, 1.54) is 32.6 Å². The van der Waals surface area contributed by atoms with E-state index in [1.807, 2.05) is 6.08 Å². The number of hydrogen-bond donors (Lipinski definition) is 3. The van der Waals surface area contributed by atoms with Crippen molar-refractivity contribution in [3.63, 3.8) is 0 Å². The molecule has 11 nitrogen and oxygen atoms in total. The normalized spacial score (nSPS) is 15.6. The maximum absolute atomic E-state index is 12.9. The van der Waals surface area contributed by atoms with E-state index in [1.54, 1.807) is 32.7 Å². The van der Waals surface area contributed by atoms with Crippen LogP contribution in [-0.2, 0) is 19.1 Å². The zero-order valence-electron chi connectivity index (χ0n) is 25.3. The predicted octanol–water partition coefficient (Wildman–Crippen LogP) is 3.64. The van der Waals surface area contributed by atoms with E-state index < -0.39 is 17.9 Å². The first-order valence-electron chi connectivity index (χ1n) is 14.0. The summed E-state index contributed by atoms with van der Waals surface area (Å²) >= 11 is 1.70. The number of carbonyl (C=O) groups excluding carboxylic acids is 3. The van der Waals surface area contributed by atoms with Crippen LogP contribution in [0.4, 0.5) is 0 Å². The summed E-state index contributed by atoms with van der Waals surface area (Å²) in [4.78, 5) is 45.4. The van der Waals surface area contributed by atoms with Crippen molar-refractivity contribution in [2.45, 2.75) is 71.9 Å². The second-order valence-electron chi connectivity index (χ2n) is 10.2. The number of amides is 2. The molecule has 1 heterocycles. The first-order valence-corrected chi connectivity index (χ1v) is 15.1. The molecule has 1 aromatic heterocycles. The Morgan fingerprint density at radius 1 is 1.17 bits per heavy atom. The first kappa shape index (κ1) is 33.9. The van der Waals surface area contributed by atoms with Crippen molar-refractivity contribution < 1.29 is 28.3 Å². The van der Waals surface area contributed by atoms with Gasteiger partial charge in [-0.1, -0.05) is 25.5 Å². The highest BCUT2D eigenvalue weighted by Gasteiger charge is 2.23. The van der Waals surface area contributed by atoms with Crippen molar-refractivity contribution in [1.29, 1.82) is 0 Å². The third-order valence-corrected chi connectivity index (χ3v) is 7.65. The van der Waals surface area contributed by atoms with Crippen LogP contribution in [0.5, 0.6) is 0 Å². The summed E-state index contributed by atoms with van der Waals surface area (Å²) in [6.45, 7) is 7.36. The lowest BCUT2D eigenvalue weighted by Gasteiger charge is -2.23. The fourth-order valence-corrected chi connectivity index (χ4v) is 5.34. The van der Waals surface area contributed by atoms with Gasteiger partial charge in [-0.2, -0.15) is 11.8 Å². The maximum atomic E-state index is 12.9. The van der Waals surface area contributed by atoms with Gasteiger partial charge < -0.3 is 29.8 Å². The third kappa shape index (κ3) is 11.3. The van der Waals surface area contributed by atoms with Crippen molar-refractivity contribution in [1.82, 2.24) is 20.9 Å². The average molecular weight is 592 g/mol. The number of aryl methyl sites for hydroxylation is 1. The Morgan fingerprint density at radius 2 is 1.93 bits per heavy atom. The molecule has 0 aliphatic heterocycles. The molecule has 1 aromatic rings. The molecule has 0 saturated carbocycles. The number of nitrogens with one attached hydrogen (secondary N) is 3. The Hall–Kier alpha value is -3.28. The molecule has 3 N–H and O–H groups in total. The van der Waals surface area contributed by atoms with Crippen LogP contribution in [0.15, 0.2) is 27.1 Å². The van der Waals surface area contributed by atoms with Crippen LogP contribution in [0, 0.1) is 12.8 Å². The Labute approximate surface area is 247 Å². The highest BCUT2D eigenvalue weighted by Crippen LogP contribution is 2.21. The summed E-state index contributed by atoms with van der Waals surface area (Å²) in [6, 6.07) is -0.543. The number of aliphatic imine (C=N–C) groups is 1. The lowest BCUT2D eigenvalue weighted by molar-refractivity contribution is -0.138. The van der Waals surface area contributed by atoms with Crippen molar-refractivity contribution >= 4 is 41.1 Å². The number of oxazole rings is 1. The minimum absolute atomic E-state index is 0.0672. The number of nitrogens with zero attached hydrogens (tertiary/aromatic N) is 2. The number of rotatable bonds is 15. The topological polar surface area (TPSA) is 144 Å². The number of allylic oxidation sites excluding steroid dienone is 1. The van der Waals surface area contributed by atoms with Gasteiger partial charge in [0, 0.05) is 31.0 Å². The maximum Gasteiger partial charge on any atom is 0.327 e. The average Bonchev–Trinajstić information content (AvgIpc) is 3.34. The number of carbonyl (C=O) groups is 3. The quantitative estimate of drug-likeness (QED) is 0.0915. The lowest BCUT2D eigenvalue weighted by atomic mass is 9.96. The van der Waals surface area contributed by atoms with Gasteiger partial charge >= 0.3 is 5.97 Å². The van der Waals surface area contributed by atoms with Gasteiger partial charge in [-0.3, -0.25) is 14.4 Å². The number of hydrogen-bond acceptors (Lipinski definition) is 10. The number of esters is 1. The minimum Gasteiger partial charge on any atom is -0.483 e. The number of thioether (sulfide) groups is 1. The van der Waals surface area contributed by atoms with E-state index in [4.69, 9.17) is 9.15 Å². The predicted molar refractivity (Wildman–Crippen MR) is 162 cm³/mol. The SMILES string of the molecule is CNC(=CCSCC(NC(=O)CC1=CCCCC1)C(C)C)c1nc(C(=O)NC(C)C(=NCC(=O)OC)OC)c(C)o1. The molecule has 41 heavy (non-hydrogen) atoms. The summed E-state index contributed by atoms with van der Waals surface area (Å²) in [6.07, 6.45) is 9.13. The first-order chi connectivity index (χ1) is 19.6. The van der Waals surface area contributed by atoms with Crippen LogP contribution in [0.25, 0.3) is 5.70 Å². The molecular formula is C29H45N5O6S. The molecule has 1 aliphatic rings. The lowest BCUT2D eigenvalue weighted by Crippen LogP contribution is -2.40. The smallest absolute Gasteiger partial charge is 0.327 e. The van der Waals surface area contributed by atoms with Gasteiger partial charge in [-0.25, -0.2) is 9.98 Å². The fraction of sp³-hybridized carbons (Fsp3) is 0.621.